The van der Waals surface area contributed by atoms with E-state index in [1.165, 1.54) is 18.2 Å². The molecule has 3 nitrogen and oxygen atoms in total. The Balaban J connectivity index is 3.05. The Kier molecular flexibility index (Phi) is 4.28. The molecule has 1 aromatic rings. The molecule has 0 saturated heterocycles. The van der Waals surface area contributed by atoms with E-state index in [4.69, 9.17) is 5.73 Å². The number of nitrogens with two attached hydrogens (primary N) is 1. The van der Waals surface area contributed by atoms with Crippen molar-refractivity contribution in [2.24, 2.45) is 5.73 Å². The van der Waals surface area contributed by atoms with Crippen LogP contribution in [-0.4, -0.2) is 19.2 Å². The van der Waals surface area contributed by atoms with Gasteiger partial charge in [0.2, 0.25) is 0 Å². The van der Waals surface area contributed by atoms with E-state index in [2.05, 4.69) is 4.74 Å². The molecule has 0 atom stereocenters. The van der Waals surface area contributed by atoms with Crippen LogP contribution in [0.1, 0.15) is 15.9 Å². The third-order valence-electron chi connectivity index (χ3n) is 1.77. The summed E-state index contributed by atoms with van der Waals surface area (Å²) < 4.78 is 39.8. The lowest BCUT2D eigenvalue weighted by Crippen LogP contribution is -2.17. The molecule has 0 heterocycles. The van der Waals surface area contributed by atoms with Crippen molar-refractivity contribution in [2.45, 2.75) is 6.36 Å². The van der Waals surface area contributed by atoms with Gasteiger partial charge >= 0.3 is 6.36 Å². The molecule has 0 saturated carbocycles. The summed E-state index contributed by atoms with van der Waals surface area (Å²) in [5.41, 5.74) is 5.74. The lowest BCUT2D eigenvalue weighted by atomic mass is 10.1. The van der Waals surface area contributed by atoms with Gasteiger partial charge in [0.05, 0.1) is 0 Å². The number of halogens is 3. The zero-order chi connectivity index (χ0) is 12.9. The molecule has 0 aromatic heterocycles. The van der Waals surface area contributed by atoms with Gasteiger partial charge < -0.3 is 10.5 Å². The fraction of sp³-hybridized carbons (Fsp3) is 0.182. The van der Waals surface area contributed by atoms with Crippen LogP contribution >= 0.6 is 0 Å². The van der Waals surface area contributed by atoms with Crippen LogP contribution in [0, 0.1) is 0 Å². The highest BCUT2D eigenvalue weighted by Gasteiger charge is 2.31. The van der Waals surface area contributed by atoms with E-state index in [9.17, 15) is 18.0 Å². The van der Waals surface area contributed by atoms with Crippen molar-refractivity contribution in [1.29, 1.82) is 0 Å². The summed E-state index contributed by atoms with van der Waals surface area (Å²) >= 11 is 0. The van der Waals surface area contributed by atoms with Crippen molar-refractivity contribution in [3.63, 3.8) is 0 Å². The van der Waals surface area contributed by atoms with E-state index in [1.54, 1.807) is 6.08 Å². The average Bonchev–Trinajstić information content (AvgIpc) is 2.23. The fourth-order valence-electron chi connectivity index (χ4n) is 1.21. The predicted molar refractivity (Wildman–Crippen MR) is 56.6 cm³/mol. The van der Waals surface area contributed by atoms with E-state index < -0.39 is 12.1 Å². The van der Waals surface area contributed by atoms with Crippen LogP contribution < -0.4 is 10.5 Å². The summed E-state index contributed by atoms with van der Waals surface area (Å²) in [6, 6.07) is 3.62. The molecule has 0 aliphatic rings. The molecule has 2 N–H and O–H groups in total. The van der Waals surface area contributed by atoms with Crippen LogP contribution in [0.3, 0.4) is 0 Å². The molecule has 0 radical (unpaired) electrons. The maximum absolute atomic E-state index is 12.0. The molecule has 17 heavy (non-hydrogen) atoms. The minimum Gasteiger partial charge on any atom is -0.406 e. The number of rotatable bonds is 4. The largest absolute Gasteiger partial charge is 0.573 e. The van der Waals surface area contributed by atoms with Crippen molar-refractivity contribution >= 4 is 12.4 Å². The van der Waals surface area contributed by atoms with Crippen LogP contribution in [0.5, 0.6) is 5.75 Å². The van der Waals surface area contributed by atoms with Crippen LogP contribution in [0.2, 0.25) is 0 Å². The minimum absolute atomic E-state index is 0.100. The number of hydrogen-bond acceptors (Lipinski definition) is 3. The van der Waals surface area contributed by atoms with Crippen molar-refractivity contribution in [3.8, 4) is 5.75 Å². The third kappa shape index (κ3) is 4.69. The molecule has 0 amide bonds. The zero-order valence-electron chi connectivity index (χ0n) is 8.70. The normalized spacial score (nSPS) is 11.8. The highest BCUT2D eigenvalue weighted by atomic mass is 19.4. The monoisotopic (exact) mass is 245 g/mol. The molecule has 0 fully saturated rings. The van der Waals surface area contributed by atoms with Crippen LogP contribution in [-0.2, 0) is 0 Å². The minimum atomic E-state index is -4.78. The first-order valence-corrected chi connectivity index (χ1v) is 4.67. The van der Waals surface area contributed by atoms with Gasteiger partial charge in [-0.15, -0.1) is 13.2 Å². The Morgan fingerprint density at radius 1 is 1.24 bits per heavy atom. The first kappa shape index (κ1) is 13.2. The Morgan fingerprint density at radius 3 is 2.41 bits per heavy atom. The lowest BCUT2D eigenvalue weighted by molar-refractivity contribution is -0.274. The van der Waals surface area contributed by atoms with Crippen molar-refractivity contribution in [3.05, 3.63) is 35.4 Å². The molecule has 1 aromatic carbocycles. The Hall–Kier alpha value is -1.82. The Morgan fingerprint density at radius 2 is 1.88 bits per heavy atom. The number of benzene rings is 1. The van der Waals surface area contributed by atoms with Gasteiger partial charge in [-0.25, -0.2) is 0 Å². The van der Waals surface area contributed by atoms with Gasteiger partial charge in [-0.3, -0.25) is 4.79 Å². The number of alkyl halides is 3. The predicted octanol–water partition coefficient (Wildman–Crippen LogP) is 2.37. The molecule has 0 spiro atoms. The summed E-state index contributed by atoms with van der Waals surface area (Å²) in [6.07, 6.45) is -1.27. The van der Waals surface area contributed by atoms with Gasteiger partial charge in [0.25, 0.3) is 0 Å². The summed E-state index contributed by atoms with van der Waals surface area (Å²) in [5, 5.41) is 0. The topological polar surface area (TPSA) is 52.3 Å². The van der Waals surface area contributed by atoms with Crippen LogP contribution in [0.25, 0.3) is 6.08 Å². The SMILES string of the molecule is NCC=Cc1cc(C=O)cc(OC(F)(F)F)c1. The maximum atomic E-state index is 12.0. The molecule has 0 bridgehead atoms. The molecule has 6 heteroatoms. The quantitative estimate of drug-likeness (QED) is 0.828. The Bertz CT molecular complexity index is 427. The standard InChI is InChI=1S/C11H10F3NO2/c12-11(13,14)17-10-5-8(2-1-3-15)4-9(6-10)7-16/h1-2,4-7H,3,15H2. The summed E-state index contributed by atoms with van der Waals surface area (Å²) in [7, 11) is 0. The number of carbonyl (C=O) groups excluding carboxylic acids is 1. The highest BCUT2D eigenvalue weighted by molar-refractivity contribution is 5.77. The second kappa shape index (κ2) is 5.49. The van der Waals surface area contributed by atoms with Crippen molar-refractivity contribution in [2.75, 3.05) is 6.54 Å². The van der Waals surface area contributed by atoms with E-state index in [1.807, 2.05) is 0 Å². The van der Waals surface area contributed by atoms with Gasteiger partial charge in [0, 0.05) is 12.1 Å². The van der Waals surface area contributed by atoms with Crippen molar-refractivity contribution in [1.82, 2.24) is 0 Å². The molecular weight excluding hydrogens is 235 g/mol. The second-order valence-electron chi connectivity index (χ2n) is 3.14. The number of ether oxygens (including phenoxy) is 1. The second-order valence-corrected chi connectivity index (χ2v) is 3.14. The zero-order valence-corrected chi connectivity index (χ0v) is 8.70. The Labute approximate surface area is 95.7 Å². The van der Waals surface area contributed by atoms with Gasteiger partial charge in [-0.05, 0) is 23.8 Å². The van der Waals surface area contributed by atoms with Crippen LogP contribution in [0.15, 0.2) is 24.3 Å². The molecule has 0 unspecified atom stereocenters. The van der Waals surface area contributed by atoms with E-state index in [0.717, 1.165) is 6.07 Å². The van der Waals surface area contributed by atoms with E-state index in [-0.39, 0.29) is 12.1 Å². The van der Waals surface area contributed by atoms with Gasteiger partial charge in [-0.2, -0.15) is 0 Å². The number of hydrogen-bond donors (Lipinski definition) is 1. The molecule has 0 aliphatic heterocycles. The number of aldehydes is 1. The first-order chi connectivity index (χ1) is 7.94. The lowest BCUT2D eigenvalue weighted by Gasteiger charge is -2.09. The third-order valence-corrected chi connectivity index (χ3v) is 1.77. The smallest absolute Gasteiger partial charge is 0.406 e. The van der Waals surface area contributed by atoms with E-state index in [0.29, 0.717) is 11.8 Å². The number of carbonyl (C=O) groups is 1. The summed E-state index contributed by atoms with van der Waals surface area (Å²) in [6.45, 7) is 0.251. The molecule has 92 valence electrons. The van der Waals surface area contributed by atoms with Gasteiger partial charge in [-0.1, -0.05) is 12.2 Å². The molecular formula is C11H10F3NO2. The van der Waals surface area contributed by atoms with Crippen molar-refractivity contribution < 1.29 is 22.7 Å². The summed E-state index contributed by atoms with van der Waals surface area (Å²) in [4.78, 5) is 10.6. The van der Waals surface area contributed by atoms with Crippen LogP contribution in [0.4, 0.5) is 13.2 Å². The van der Waals surface area contributed by atoms with E-state index >= 15 is 0 Å². The maximum Gasteiger partial charge on any atom is 0.573 e. The highest BCUT2D eigenvalue weighted by Crippen LogP contribution is 2.25. The molecule has 0 aliphatic carbocycles. The van der Waals surface area contributed by atoms with Gasteiger partial charge in [0.1, 0.15) is 12.0 Å². The fourth-order valence-corrected chi connectivity index (χ4v) is 1.21. The first-order valence-electron chi connectivity index (χ1n) is 4.67. The molecule has 1 rings (SSSR count). The van der Waals surface area contributed by atoms with Gasteiger partial charge in [0.15, 0.2) is 0 Å². The average molecular weight is 245 g/mol. The summed E-state index contributed by atoms with van der Waals surface area (Å²) in [5.74, 6) is -0.432.